The number of nitrogens with zero attached hydrogens (tertiary/aromatic N) is 7. The maximum Gasteiger partial charge on any atom is 0.318 e. The number of piperazine rings is 1. The normalized spacial score (nSPS) is 18.5. The third-order valence-electron chi connectivity index (χ3n) is 8.63. The number of fused-ring (bicyclic) bond motifs is 2. The van der Waals surface area contributed by atoms with Crippen molar-refractivity contribution in [3.8, 4) is 12.1 Å². The second kappa shape index (κ2) is 13.4. The van der Waals surface area contributed by atoms with Crippen LogP contribution in [0.2, 0.25) is 0 Å². The van der Waals surface area contributed by atoms with Gasteiger partial charge in [0.25, 0.3) is 5.91 Å². The second-order valence-corrected chi connectivity index (χ2v) is 11.4. The Morgan fingerprint density at radius 1 is 1.09 bits per heavy atom. The van der Waals surface area contributed by atoms with Gasteiger partial charge in [0.2, 0.25) is 0 Å². The van der Waals surface area contributed by atoms with E-state index in [4.69, 9.17) is 20.0 Å². The first-order valence-electron chi connectivity index (χ1n) is 15.0. The van der Waals surface area contributed by atoms with E-state index in [2.05, 4.69) is 71.6 Å². The number of hydrogen-bond acceptors (Lipinski definition) is 8. The summed E-state index contributed by atoms with van der Waals surface area (Å²) in [6, 6.07) is 15.4. The molecule has 2 aromatic carbocycles. The molecule has 226 valence electrons. The first-order chi connectivity index (χ1) is 20.8. The molecule has 1 atom stereocenters. The lowest BCUT2D eigenvalue weighted by Crippen LogP contribution is -2.49. The summed E-state index contributed by atoms with van der Waals surface area (Å²) >= 11 is 0. The van der Waals surface area contributed by atoms with Crippen molar-refractivity contribution in [1.82, 2.24) is 19.8 Å². The number of hydrogen-bond donors (Lipinski definition) is 0. The molecule has 9 nitrogen and oxygen atoms in total. The van der Waals surface area contributed by atoms with Crippen molar-refractivity contribution in [1.29, 1.82) is 5.26 Å². The van der Waals surface area contributed by atoms with Gasteiger partial charge in [-0.3, -0.25) is 4.79 Å². The van der Waals surface area contributed by atoms with Crippen LogP contribution in [0.4, 0.5) is 15.9 Å². The third kappa shape index (κ3) is 6.57. The van der Waals surface area contributed by atoms with Crippen molar-refractivity contribution < 1.29 is 13.9 Å². The van der Waals surface area contributed by atoms with Crippen LogP contribution < -0.4 is 14.5 Å². The molecule has 1 aromatic heterocycles. The van der Waals surface area contributed by atoms with Gasteiger partial charge in [0.05, 0.1) is 18.3 Å². The molecule has 0 bridgehead atoms. The highest BCUT2D eigenvalue weighted by Crippen LogP contribution is 2.35. The number of likely N-dealkylation sites (tertiary alicyclic amines) is 1. The molecule has 0 saturated carbocycles. The summed E-state index contributed by atoms with van der Waals surface area (Å²) in [5.74, 6) is -0.668. The Hall–Kier alpha value is -4.23. The Morgan fingerprint density at radius 3 is 2.49 bits per heavy atom. The number of halogens is 1. The molecule has 3 aliphatic rings. The Morgan fingerprint density at radius 2 is 1.81 bits per heavy atom. The number of ether oxygens (including phenoxy) is 1. The SMILES string of the molecule is C=C(F)C(=O)N1CCN(c2nc(OCC3CCCN3C)nc3c2CCN(c2cccc4cccc(C)c24)C3)CC1.CC#N. The van der Waals surface area contributed by atoms with Crippen molar-refractivity contribution in [3.05, 3.63) is 65.6 Å². The van der Waals surface area contributed by atoms with Crippen LogP contribution in [0.3, 0.4) is 0 Å². The molecule has 0 N–H and O–H groups in total. The summed E-state index contributed by atoms with van der Waals surface area (Å²) in [5.41, 5.74) is 4.59. The molecule has 10 heteroatoms. The van der Waals surface area contributed by atoms with Crippen LogP contribution >= 0.6 is 0 Å². The zero-order valence-corrected chi connectivity index (χ0v) is 25.4. The van der Waals surface area contributed by atoms with Crippen LogP contribution in [-0.2, 0) is 17.8 Å². The van der Waals surface area contributed by atoms with E-state index in [1.807, 2.05) is 0 Å². The maximum absolute atomic E-state index is 13.5. The first-order valence-corrected chi connectivity index (χ1v) is 15.0. The Bertz CT molecular complexity index is 1520. The number of carbonyl (C=O) groups is 1. The van der Waals surface area contributed by atoms with Gasteiger partial charge in [0.1, 0.15) is 12.4 Å². The van der Waals surface area contributed by atoms with Gasteiger partial charge in [0.15, 0.2) is 5.83 Å². The average Bonchev–Trinajstić information content (AvgIpc) is 3.43. The highest BCUT2D eigenvalue weighted by atomic mass is 19.1. The van der Waals surface area contributed by atoms with Crippen molar-refractivity contribution in [2.24, 2.45) is 0 Å². The largest absolute Gasteiger partial charge is 0.462 e. The zero-order chi connectivity index (χ0) is 30.5. The molecular weight excluding hydrogens is 545 g/mol. The fourth-order valence-electron chi connectivity index (χ4n) is 6.34. The number of benzene rings is 2. The summed E-state index contributed by atoms with van der Waals surface area (Å²) in [6.07, 6.45) is 3.09. The molecule has 2 fully saturated rings. The summed E-state index contributed by atoms with van der Waals surface area (Å²) in [7, 11) is 2.14. The number of rotatable bonds is 6. The smallest absolute Gasteiger partial charge is 0.318 e. The topological polar surface area (TPSA) is 88.8 Å². The molecule has 0 radical (unpaired) electrons. The van der Waals surface area contributed by atoms with Gasteiger partial charge < -0.3 is 24.3 Å². The lowest BCUT2D eigenvalue weighted by molar-refractivity contribution is -0.128. The van der Waals surface area contributed by atoms with E-state index in [0.29, 0.717) is 51.4 Å². The Labute approximate surface area is 253 Å². The number of nitriles is 1. The summed E-state index contributed by atoms with van der Waals surface area (Å²) in [4.78, 5) is 30.5. The lowest BCUT2D eigenvalue weighted by atomic mass is 9.99. The molecular formula is C33H40FN7O2. The third-order valence-corrected chi connectivity index (χ3v) is 8.63. The fourth-order valence-corrected chi connectivity index (χ4v) is 6.34. The van der Waals surface area contributed by atoms with Crippen LogP contribution in [0.15, 0.2) is 48.8 Å². The van der Waals surface area contributed by atoms with Gasteiger partial charge in [-0.05, 0) is 56.8 Å². The number of anilines is 2. The highest BCUT2D eigenvalue weighted by Gasteiger charge is 2.30. The molecule has 1 unspecified atom stereocenters. The molecule has 1 amide bonds. The quantitative estimate of drug-likeness (QED) is 0.387. The van der Waals surface area contributed by atoms with E-state index >= 15 is 0 Å². The van der Waals surface area contributed by atoms with Crippen LogP contribution in [0, 0.1) is 18.3 Å². The van der Waals surface area contributed by atoms with Gasteiger partial charge in [0, 0.05) is 62.3 Å². The molecule has 6 rings (SSSR count). The monoisotopic (exact) mass is 585 g/mol. The minimum absolute atomic E-state index is 0.363. The van der Waals surface area contributed by atoms with Crippen LogP contribution in [0.5, 0.6) is 6.01 Å². The lowest BCUT2D eigenvalue weighted by Gasteiger charge is -2.38. The molecule has 3 aromatic rings. The molecule has 2 saturated heterocycles. The van der Waals surface area contributed by atoms with Crippen molar-refractivity contribution >= 4 is 28.2 Å². The summed E-state index contributed by atoms with van der Waals surface area (Å²) in [5, 5.41) is 9.83. The number of likely N-dealkylation sites (N-methyl/N-ethyl adjacent to an activating group) is 1. The van der Waals surface area contributed by atoms with Gasteiger partial charge in [-0.2, -0.15) is 15.2 Å². The predicted octanol–water partition coefficient (Wildman–Crippen LogP) is 4.64. The summed E-state index contributed by atoms with van der Waals surface area (Å²) in [6.45, 7) is 11.9. The van der Waals surface area contributed by atoms with Crippen LogP contribution in [0.25, 0.3) is 10.8 Å². The molecule has 0 spiro atoms. The van der Waals surface area contributed by atoms with E-state index in [0.717, 1.165) is 43.0 Å². The molecule has 43 heavy (non-hydrogen) atoms. The zero-order valence-electron chi connectivity index (χ0n) is 25.4. The maximum atomic E-state index is 13.5. The van der Waals surface area contributed by atoms with Gasteiger partial charge in [-0.1, -0.05) is 36.9 Å². The van der Waals surface area contributed by atoms with E-state index < -0.39 is 11.7 Å². The molecule has 0 aliphatic carbocycles. The van der Waals surface area contributed by atoms with Gasteiger partial charge in [-0.25, -0.2) is 4.39 Å². The Balaban J connectivity index is 0.00000118. The number of aryl methyl sites for hydroxylation is 1. The first kappa shape index (κ1) is 30.2. The highest BCUT2D eigenvalue weighted by molar-refractivity contribution is 5.97. The molecule has 4 heterocycles. The van der Waals surface area contributed by atoms with Crippen LogP contribution in [-0.4, -0.2) is 84.6 Å². The second-order valence-electron chi connectivity index (χ2n) is 11.4. The van der Waals surface area contributed by atoms with E-state index in [9.17, 15) is 9.18 Å². The van der Waals surface area contributed by atoms with Gasteiger partial charge in [-0.15, -0.1) is 0 Å². The predicted molar refractivity (Wildman–Crippen MR) is 167 cm³/mol. The minimum atomic E-state index is -0.913. The van der Waals surface area contributed by atoms with E-state index in [1.165, 1.54) is 40.3 Å². The summed E-state index contributed by atoms with van der Waals surface area (Å²) < 4.78 is 19.7. The minimum Gasteiger partial charge on any atom is -0.462 e. The van der Waals surface area contributed by atoms with Crippen LogP contribution in [0.1, 0.15) is 36.6 Å². The molecule has 3 aliphatic heterocycles. The van der Waals surface area contributed by atoms with E-state index in [-0.39, 0.29) is 0 Å². The Kier molecular flexibility index (Phi) is 9.41. The standard InChI is InChI=1S/C31H37FN6O2.C2H3N/c1-21-7-4-8-23-9-5-11-27(28(21)23)38-14-12-25-26(19-38)33-31(40-20-24-10-6-13-35(24)3)34-29(25)36-15-17-37(18-16-36)30(39)22(2)32;1-2-3/h4-5,7-9,11,24H,2,6,10,12-20H2,1,3H3;1H3. The number of amides is 1. The number of carbonyl (C=O) groups excluding carboxylic acids is 1. The van der Waals surface area contributed by atoms with Crippen molar-refractivity contribution in [2.45, 2.75) is 45.7 Å². The van der Waals surface area contributed by atoms with Crippen molar-refractivity contribution in [3.63, 3.8) is 0 Å². The number of aromatic nitrogens is 2. The van der Waals surface area contributed by atoms with E-state index in [1.54, 1.807) is 6.07 Å². The average molecular weight is 586 g/mol. The van der Waals surface area contributed by atoms with Crippen molar-refractivity contribution in [2.75, 3.05) is 62.7 Å². The van der Waals surface area contributed by atoms with Gasteiger partial charge >= 0.3 is 6.01 Å². The fraction of sp³-hybridized carbons (Fsp3) is 0.455.